The summed E-state index contributed by atoms with van der Waals surface area (Å²) in [6, 6.07) is 10.6. The predicted molar refractivity (Wildman–Crippen MR) is 72.4 cm³/mol. The quantitative estimate of drug-likeness (QED) is 0.896. The van der Waals surface area contributed by atoms with Crippen LogP contribution in [0.2, 0.25) is 0 Å². The molecule has 0 saturated carbocycles. The zero-order valence-corrected chi connectivity index (χ0v) is 11.1. The number of benzene rings is 2. The number of para-hydroxylation sites is 1. The van der Waals surface area contributed by atoms with Crippen molar-refractivity contribution >= 4 is 0 Å². The fourth-order valence-electron chi connectivity index (χ4n) is 1.93. The number of aliphatic hydroxyl groups excluding tert-OH is 1. The average molecular weight is 278 g/mol. The van der Waals surface area contributed by atoms with Crippen molar-refractivity contribution in [2.24, 2.45) is 0 Å². The van der Waals surface area contributed by atoms with E-state index in [4.69, 9.17) is 4.74 Å². The van der Waals surface area contributed by atoms with Crippen LogP contribution >= 0.6 is 0 Å². The molecule has 20 heavy (non-hydrogen) atoms. The minimum Gasteiger partial charge on any atom is -0.488 e. The molecule has 0 heterocycles. The topological polar surface area (TPSA) is 29.5 Å². The van der Waals surface area contributed by atoms with Crippen LogP contribution in [0.3, 0.4) is 0 Å². The molecule has 2 rings (SSSR count). The molecule has 1 N–H and O–H groups in total. The fraction of sp³-hybridized carbons (Fsp3) is 0.250. The molecule has 0 spiro atoms. The molecule has 0 bridgehead atoms. The van der Waals surface area contributed by atoms with E-state index in [0.717, 1.165) is 0 Å². The highest BCUT2D eigenvalue weighted by Gasteiger charge is 2.13. The molecule has 0 amide bonds. The number of aliphatic hydroxyl groups is 1. The standard InChI is InChI=1S/C16H16F2O2/c1-2-15(19)11-6-3-4-9-16(11)20-10-12-13(17)7-5-8-14(12)18/h3-9,15,19H,2,10H2,1H3. The van der Waals surface area contributed by atoms with Crippen molar-refractivity contribution in [3.8, 4) is 5.75 Å². The van der Waals surface area contributed by atoms with E-state index in [-0.39, 0.29) is 12.2 Å². The highest BCUT2D eigenvalue weighted by molar-refractivity contribution is 5.35. The molecular formula is C16H16F2O2. The van der Waals surface area contributed by atoms with Crippen LogP contribution in [-0.4, -0.2) is 5.11 Å². The van der Waals surface area contributed by atoms with Crippen molar-refractivity contribution < 1.29 is 18.6 Å². The molecule has 0 aromatic heterocycles. The summed E-state index contributed by atoms with van der Waals surface area (Å²) in [6.45, 7) is 1.63. The average Bonchev–Trinajstić information content (AvgIpc) is 2.46. The lowest BCUT2D eigenvalue weighted by Gasteiger charge is -2.15. The molecule has 2 nitrogen and oxygen atoms in total. The van der Waals surface area contributed by atoms with Crippen LogP contribution in [0.25, 0.3) is 0 Å². The van der Waals surface area contributed by atoms with Gasteiger partial charge < -0.3 is 9.84 Å². The van der Waals surface area contributed by atoms with Crippen LogP contribution in [0.15, 0.2) is 42.5 Å². The Kier molecular flexibility index (Phi) is 4.69. The highest BCUT2D eigenvalue weighted by atomic mass is 19.1. The minimum absolute atomic E-state index is 0.117. The first-order chi connectivity index (χ1) is 9.63. The van der Waals surface area contributed by atoms with E-state index in [0.29, 0.717) is 17.7 Å². The Labute approximate surface area is 116 Å². The molecule has 0 aliphatic heterocycles. The molecule has 2 aromatic rings. The third kappa shape index (κ3) is 3.14. The Balaban J connectivity index is 2.19. The molecule has 1 atom stereocenters. The Morgan fingerprint density at radius 1 is 1.05 bits per heavy atom. The number of rotatable bonds is 5. The third-order valence-electron chi connectivity index (χ3n) is 3.10. The smallest absolute Gasteiger partial charge is 0.132 e. The monoisotopic (exact) mass is 278 g/mol. The number of ether oxygens (including phenoxy) is 1. The van der Waals surface area contributed by atoms with E-state index in [2.05, 4.69) is 0 Å². The van der Waals surface area contributed by atoms with Crippen LogP contribution in [0, 0.1) is 11.6 Å². The second-order valence-electron chi connectivity index (χ2n) is 4.45. The Hall–Kier alpha value is -1.94. The van der Waals surface area contributed by atoms with Crippen molar-refractivity contribution in [3.05, 3.63) is 65.2 Å². The highest BCUT2D eigenvalue weighted by Crippen LogP contribution is 2.28. The molecular weight excluding hydrogens is 262 g/mol. The molecule has 0 aliphatic carbocycles. The zero-order chi connectivity index (χ0) is 14.5. The van der Waals surface area contributed by atoms with Gasteiger partial charge in [0.1, 0.15) is 24.0 Å². The van der Waals surface area contributed by atoms with Gasteiger partial charge in [0.15, 0.2) is 0 Å². The Morgan fingerprint density at radius 2 is 1.70 bits per heavy atom. The summed E-state index contributed by atoms with van der Waals surface area (Å²) in [4.78, 5) is 0. The third-order valence-corrected chi connectivity index (χ3v) is 3.10. The van der Waals surface area contributed by atoms with Gasteiger partial charge in [-0.2, -0.15) is 0 Å². The van der Waals surface area contributed by atoms with Gasteiger partial charge in [-0.25, -0.2) is 8.78 Å². The van der Waals surface area contributed by atoms with E-state index in [1.54, 1.807) is 24.3 Å². The van der Waals surface area contributed by atoms with Crippen molar-refractivity contribution in [3.63, 3.8) is 0 Å². The lowest BCUT2D eigenvalue weighted by molar-refractivity contribution is 0.166. The second kappa shape index (κ2) is 6.48. The maximum absolute atomic E-state index is 13.5. The maximum atomic E-state index is 13.5. The summed E-state index contributed by atoms with van der Waals surface area (Å²) in [6.07, 6.45) is -0.120. The lowest BCUT2D eigenvalue weighted by Crippen LogP contribution is -2.05. The van der Waals surface area contributed by atoms with Crippen LogP contribution in [0.4, 0.5) is 8.78 Å². The van der Waals surface area contributed by atoms with Gasteiger partial charge in [-0.1, -0.05) is 31.2 Å². The number of hydrogen-bond donors (Lipinski definition) is 1. The lowest BCUT2D eigenvalue weighted by atomic mass is 10.1. The van der Waals surface area contributed by atoms with E-state index in [9.17, 15) is 13.9 Å². The van der Waals surface area contributed by atoms with Crippen LogP contribution in [-0.2, 0) is 6.61 Å². The van der Waals surface area contributed by atoms with Crippen molar-refractivity contribution in [1.82, 2.24) is 0 Å². The summed E-state index contributed by atoms with van der Waals surface area (Å²) in [7, 11) is 0. The van der Waals surface area contributed by atoms with Gasteiger partial charge in [-0.05, 0) is 24.6 Å². The molecule has 0 fully saturated rings. The Morgan fingerprint density at radius 3 is 2.35 bits per heavy atom. The van der Waals surface area contributed by atoms with Crippen molar-refractivity contribution in [2.45, 2.75) is 26.1 Å². The van der Waals surface area contributed by atoms with Gasteiger partial charge >= 0.3 is 0 Å². The SMILES string of the molecule is CCC(O)c1ccccc1OCc1c(F)cccc1F. The van der Waals surface area contributed by atoms with E-state index in [1.807, 2.05) is 6.92 Å². The van der Waals surface area contributed by atoms with Gasteiger partial charge in [-0.15, -0.1) is 0 Å². The van der Waals surface area contributed by atoms with Crippen LogP contribution < -0.4 is 4.74 Å². The summed E-state index contributed by atoms with van der Waals surface area (Å²) in [5, 5.41) is 9.89. The summed E-state index contributed by atoms with van der Waals surface area (Å²) < 4.78 is 32.5. The van der Waals surface area contributed by atoms with Crippen molar-refractivity contribution in [1.29, 1.82) is 0 Å². The minimum atomic E-state index is -0.656. The van der Waals surface area contributed by atoms with E-state index >= 15 is 0 Å². The van der Waals surface area contributed by atoms with Crippen LogP contribution in [0.1, 0.15) is 30.6 Å². The second-order valence-corrected chi connectivity index (χ2v) is 4.45. The Bertz CT molecular complexity index is 564. The van der Waals surface area contributed by atoms with Crippen molar-refractivity contribution in [2.75, 3.05) is 0 Å². The van der Waals surface area contributed by atoms with E-state index in [1.165, 1.54) is 18.2 Å². The predicted octanol–water partition coefficient (Wildman–Crippen LogP) is 3.99. The van der Waals surface area contributed by atoms with Gasteiger partial charge in [0.05, 0.1) is 11.7 Å². The van der Waals surface area contributed by atoms with Gasteiger partial charge in [-0.3, -0.25) is 0 Å². The molecule has 0 saturated heterocycles. The normalized spacial score (nSPS) is 12.2. The number of hydrogen-bond acceptors (Lipinski definition) is 2. The first-order valence-corrected chi connectivity index (χ1v) is 6.46. The van der Waals surface area contributed by atoms with Gasteiger partial charge in [0.25, 0.3) is 0 Å². The molecule has 4 heteroatoms. The summed E-state index contributed by atoms with van der Waals surface area (Å²) >= 11 is 0. The molecule has 0 aliphatic rings. The summed E-state index contributed by atoms with van der Waals surface area (Å²) in [5.74, 6) is -0.846. The van der Waals surface area contributed by atoms with Crippen LogP contribution in [0.5, 0.6) is 5.75 Å². The van der Waals surface area contributed by atoms with Gasteiger partial charge in [0, 0.05) is 5.56 Å². The molecule has 106 valence electrons. The zero-order valence-electron chi connectivity index (χ0n) is 11.1. The first-order valence-electron chi connectivity index (χ1n) is 6.46. The molecule has 2 aromatic carbocycles. The number of halogens is 2. The van der Waals surface area contributed by atoms with Gasteiger partial charge in [0.2, 0.25) is 0 Å². The fourth-order valence-corrected chi connectivity index (χ4v) is 1.93. The first kappa shape index (κ1) is 14.5. The summed E-state index contributed by atoms with van der Waals surface area (Å²) in [5.41, 5.74) is 0.500. The largest absolute Gasteiger partial charge is 0.488 e. The van der Waals surface area contributed by atoms with E-state index < -0.39 is 17.7 Å². The molecule has 0 radical (unpaired) electrons. The molecule has 1 unspecified atom stereocenters. The maximum Gasteiger partial charge on any atom is 0.132 e.